The molecule has 30 heavy (non-hydrogen) atoms. The first-order chi connectivity index (χ1) is 14.3. The highest BCUT2D eigenvalue weighted by Crippen LogP contribution is 2.23. The number of hydrogen-bond acceptors (Lipinski definition) is 5. The third kappa shape index (κ3) is 4.39. The van der Waals surface area contributed by atoms with Gasteiger partial charge >= 0.3 is 0 Å². The number of ether oxygens (including phenoxy) is 1. The van der Waals surface area contributed by atoms with Crippen LogP contribution in [0.3, 0.4) is 0 Å². The second kappa shape index (κ2) is 8.97. The van der Waals surface area contributed by atoms with E-state index < -0.39 is 10.0 Å². The number of fused-ring (bicyclic) bond motifs is 1. The molecule has 0 N–H and O–H groups in total. The van der Waals surface area contributed by atoms with Crippen LogP contribution in [0.15, 0.2) is 47.4 Å². The lowest BCUT2D eigenvalue weighted by Crippen LogP contribution is -2.22. The quantitative estimate of drug-likeness (QED) is 0.482. The molecule has 0 aliphatic heterocycles. The van der Waals surface area contributed by atoms with E-state index in [0.29, 0.717) is 23.3 Å². The van der Waals surface area contributed by atoms with Gasteiger partial charge in [-0.1, -0.05) is 13.8 Å². The summed E-state index contributed by atoms with van der Waals surface area (Å²) in [4.78, 5) is 16.6. The van der Waals surface area contributed by atoms with Gasteiger partial charge in [0.25, 0.3) is 0 Å². The van der Waals surface area contributed by atoms with Crippen molar-refractivity contribution in [2.45, 2.75) is 44.7 Å². The summed E-state index contributed by atoms with van der Waals surface area (Å²) in [5, 5.41) is 0. The minimum atomic E-state index is -3.53. The monoisotopic (exact) mass is 429 g/mol. The van der Waals surface area contributed by atoms with E-state index in [9.17, 15) is 13.2 Å². The minimum Gasteiger partial charge on any atom is -0.486 e. The Balaban J connectivity index is 1.89. The number of carbonyl (C=O) groups excluding carboxylic acids is 1. The molecule has 0 aliphatic carbocycles. The third-order valence-corrected chi connectivity index (χ3v) is 6.70. The highest BCUT2D eigenvalue weighted by Gasteiger charge is 2.20. The largest absolute Gasteiger partial charge is 0.486 e. The maximum atomic E-state index is 12.4. The van der Waals surface area contributed by atoms with Gasteiger partial charge in [0, 0.05) is 32.6 Å². The van der Waals surface area contributed by atoms with Gasteiger partial charge in [-0.15, -0.1) is 0 Å². The molecule has 2 aromatic carbocycles. The fraction of sp³-hybridized carbons (Fsp3) is 0.364. The van der Waals surface area contributed by atoms with Crippen LogP contribution in [-0.4, -0.2) is 42.2 Å². The van der Waals surface area contributed by atoms with Gasteiger partial charge in [-0.3, -0.25) is 4.79 Å². The molecule has 0 atom stereocenters. The summed E-state index contributed by atoms with van der Waals surface area (Å²) in [5.74, 6) is 1.46. The lowest BCUT2D eigenvalue weighted by Gasteiger charge is -2.11. The normalized spacial score (nSPS) is 11.9. The average Bonchev–Trinajstić information content (AvgIpc) is 3.09. The average molecular weight is 430 g/mol. The maximum Gasteiger partial charge on any atom is 0.242 e. The molecular formula is C22H27N3O4S. The molecule has 0 saturated heterocycles. The Morgan fingerprint density at radius 2 is 1.80 bits per heavy atom. The van der Waals surface area contributed by atoms with Crippen molar-refractivity contribution in [3.63, 3.8) is 0 Å². The number of carbonyl (C=O) groups is 1. The molecule has 0 radical (unpaired) electrons. The van der Waals surface area contributed by atoms with Crippen molar-refractivity contribution in [1.29, 1.82) is 0 Å². The van der Waals surface area contributed by atoms with Crippen LogP contribution in [0.2, 0.25) is 0 Å². The van der Waals surface area contributed by atoms with Gasteiger partial charge in [0.05, 0.1) is 15.9 Å². The molecule has 1 heterocycles. The van der Waals surface area contributed by atoms with Crippen LogP contribution >= 0.6 is 0 Å². The zero-order valence-corrected chi connectivity index (χ0v) is 18.6. The first-order valence-corrected chi connectivity index (χ1v) is 11.4. The van der Waals surface area contributed by atoms with Crippen molar-refractivity contribution in [3.05, 3.63) is 53.9 Å². The van der Waals surface area contributed by atoms with Gasteiger partial charge in [0.2, 0.25) is 10.0 Å². The summed E-state index contributed by atoms with van der Waals surface area (Å²) in [5.41, 5.74) is 2.16. The topological polar surface area (TPSA) is 81.5 Å². The smallest absolute Gasteiger partial charge is 0.242 e. The fourth-order valence-electron chi connectivity index (χ4n) is 3.20. The summed E-state index contributed by atoms with van der Waals surface area (Å²) in [7, 11) is -0.512. The lowest BCUT2D eigenvalue weighted by molar-refractivity contribution is 0.0988. The molecule has 0 bridgehead atoms. The van der Waals surface area contributed by atoms with Crippen molar-refractivity contribution in [1.82, 2.24) is 13.9 Å². The van der Waals surface area contributed by atoms with E-state index in [4.69, 9.17) is 4.74 Å². The number of sulfonamides is 1. The predicted octanol–water partition coefficient (Wildman–Crippen LogP) is 3.87. The van der Waals surface area contributed by atoms with E-state index in [1.807, 2.05) is 6.92 Å². The van der Waals surface area contributed by atoms with Crippen LogP contribution in [0.1, 0.15) is 42.9 Å². The van der Waals surface area contributed by atoms with Crippen molar-refractivity contribution < 1.29 is 17.9 Å². The Labute approximate surface area is 177 Å². The van der Waals surface area contributed by atoms with Crippen molar-refractivity contribution in [2.75, 3.05) is 14.1 Å². The molecule has 3 aromatic rings. The molecule has 0 saturated carbocycles. The molecule has 0 amide bonds. The molecule has 0 fully saturated rings. The van der Waals surface area contributed by atoms with Gasteiger partial charge in [0.1, 0.15) is 18.2 Å². The van der Waals surface area contributed by atoms with Crippen molar-refractivity contribution >= 4 is 26.8 Å². The fourth-order valence-corrected chi connectivity index (χ4v) is 4.13. The van der Waals surface area contributed by atoms with Gasteiger partial charge in [-0.05, 0) is 48.9 Å². The molecular weight excluding hydrogens is 402 g/mol. The zero-order valence-electron chi connectivity index (χ0n) is 17.8. The van der Waals surface area contributed by atoms with Gasteiger partial charge < -0.3 is 9.30 Å². The standard InChI is InChI=1S/C22H27N3O4S/c1-5-13-25-20-12-11-18(30(27,28)24(3)4)14-19(20)23-22(25)15-29-17-9-7-16(8-10-17)21(26)6-2/h7-12,14H,5-6,13,15H2,1-4H3. The second-order valence-corrected chi connectivity index (χ2v) is 9.36. The van der Waals surface area contributed by atoms with Crippen LogP contribution in [-0.2, 0) is 23.2 Å². The number of nitrogens with zero attached hydrogens (tertiary/aromatic N) is 3. The number of ketones is 1. The number of benzene rings is 2. The number of imidazole rings is 1. The van der Waals surface area contributed by atoms with E-state index in [1.165, 1.54) is 18.4 Å². The zero-order chi connectivity index (χ0) is 21.9. The van der Waals surface area contributed by atoms with Gasteiger partial charge in [-0.2, -0.15) is 0 Å². The Kier molecular flexibility index (Phi) is 6.58. The van der Waals surface area contributed by atoms with Crippen LogP contribution in [0.25, 0.3) is 11.0 Å². The summed E-state index contributed by atoms with van der Waals surface area (Å²) >= 11 is 0. The minimum absolute atomic E-state index is 0.0924. The van der Waals surface area contributed by atoms with Crippen LogP contribution in [0, 0.1) is 0 Å². The number of hydrogen-bond donors (Lipinski definition) is 0. The highest BCUT2D eigenvalue weighted by atomic mass is 32.2. The summed E-state index contributed by atoms with van der Waals surface area (Å²) < 4.78 is 34.0. The summed E-state index contributed by atoms with van der Waals surface area (Å²) in [6.07, 6.45) is 1.37. The molecule has 160 valence electrons. The maximum absolute atomic E-state index is 12.4. The van der Waals surface area contributed by atoms with Gasteiger partial charge in [0.15, 0.2) is 5.78 Å². The van der Waals surface area contributed by atoms with Crippen LogP contribution in [0.4, 0.5) is 0 Å². The highest BCUT2D eigenvalue weighted by molar-refractivity contribution is 7.89. The van der Waals surface area contributed by atoms with E-state index in [2.05, 4.69) is 16.5 Å². The van der Waals surface area contributed by atoms with E-state index >= 15 is 0 Å². The third-order valence-electron chi connectivity index (χ3n) is 4.89. The second-order valence-electron chi connectivity index (χ2n) is 7.21. The first kappa shape index (κ1) is 22.0. The Morgan fingerprint density at radius 1 is 1.10 bits per heavy atom. The Bertz CT molecular complexity index is 1150. The van der Waals surface area contributed by atoms with Crippen LogP contribution < -0.4 is 4.74 Å². The number of rotatable bonds is 9. The molecule has 1 aromatic heterocycles. The van der Waals surface area contributed by atoms with E-state index in [0.717, 1.165) is 24.3 Å². The molecule has 7 nitrogen and oxygen atoms in total. The SMILES string of the molecule is CCCn1c(COc2ccc(C(=O)CC)cc2)nc2cc(S(=O)(=O)N(C)C)ccc21. The van der Waals surface area contributed by atoms with Crippen molar-refractivity contribution in [2.24, 2.45) is 0 Å². The van der Waals surface area contributed by atoms with Crippen LogP contribution in [0.5, 0.6) is 5.75 Å². The van der Waals surface area contributed by atoms with Gasteiger partial charge in [-0.25, -0.2) is 17.7 Å². The number of aryl methyl sites for hydroxylation is 1. The molecule has 0 aliphatic rings. The number of aromatic nitrogens is 2. The predicted molar refractivity (Wildman–Crippen MR) is 116 cm³/mol. The number of Topliss-reactive ketones (excluding diaryl/α,β-unsaturated/α-hetero) is 1. The Morgan fingerprint density at radius 3 is 2.40 bits per heavy atom. The lowest BCUT2D eigenvalue weighted by atomic mass is 10.1. The molecule has 8 heteroatoms. The summed E-state index contributed by atoms with van der Waals surface area (Å²) in [6, 6.07) is 12.1. The first-order valence-electron chi connectivity index (χ1n) is 9.95. The molecule has 3 rings (SSSR count). The molecule has 0 unspecified atom stereocenters. The van der Waals surface area contributed by atoms with E-state index in [1.54, 1.807) is 42.5 Å². The summed E-state index contributed by atoms with van der Waals surface area (Å²) in [6.45, 7) is 4.90. The van der Waals surface area contributed by atoms with Crippen molar-refractivity contribution in [3.8, 4) is 5.75 Å². The molecule has 0 spiro atoms. The van der Waals surface area contributed by atoms with E-state index in [-0.39, 0.29) is 17.3 Å². The Hall–Kier alpha value is -2.71.